The Hall–Kier alpha value is -3.47. The van der Waals surface area contributed by atoms with Gasteiger partial charge in [-0.2, -0.15) is 5.10 Å². The van der Waals surface area contributed by atoms with E-state index in [9.17, 15) is 9.90 Å². The molecular formula is C21H26N8O3. The third kappa shape index (κ3) is 3.38. The number of aromatic nitrogens is 6. The number of hydrogen-bond donors (Lipinski definition) is 2. The monoisotopic (exact) mass is 438 g/mol. The van der Waals surface area contributed by atoms with Crippen LogP contribution < -0.4 is 15.4 Å². The van der Waals surface area contributed by atoms with Gasteiger partial charge in [-0.05, 0) is 20.8 Å². The summed E-state index contributed by atoms with van der Waals surface area (Å²) >= 11 is 0. The van der Waals surface area contributed by atoms with Crippen LogP contribution in [0.3, 0.4) is 0 Å². The highest BCUT2D eigenvalue weighted by Gasteiger charge is 2.36. The van der Waals surface area contributed by atoms with Crippen molar-refractivity contribution in [2.75, 3.05) is 18.1 Å². The molecule has 3 aromatic heterocycles. The molecule has 11 nitrogen and oxygen atoms in total. The Morgan fingerprint density at radius 1 is 1.31 bits per heavy atom. The summed E-state index contributed by atoms with van der Waals surface area (Å²) in [6.07, 6.45) is 3.32. The highest BCUT2D eigenvalue weighted by molar-refractivity contribution is 5.84. The summed E-state index contributed by atoms with van der Waals surface area (Å²) in [7, 11) is 0. The Morgan fingerprint density at radius 3 is 2.88 bits per heavy atom. The van der Waals surface area contributed by atoms with Gasteiger partial charge < -0.3 is 25.0 Å². The average Bonchev–Trinajstić information content (AvgIpc) is 3.42. The lowest BCUT2D eigenvalue weighted by Gasteiger charge is -2.23. The van der Waals surface area contributed by atoms with Crippen LogP contribution >= 0.6 is 0 Å². The first kappa shape index (κ1) is 20.4. The number of hydrogen-bond acceptors (Lipinski definition) is 8. The lowest BCUT2D eigenvalue weighted by molar-refractivity contribution is -0.119. The van der Waals surface area contributed by atoms with Crippen molar-refractivity contribution in [2.24, 2.45) is 5.73 Å². The number of imidazole rings is 1. The number of nitrogens with zero attached hydrogens (tertiary/aromatic N) is 7. The van der Waals surface area contributed by atoms with Gasteiger partial charge in [0.15, 0.2) is 5.82 Å². The van der Waals surface area contributed by atoms with Crippen LogP contribution in [0.1, 0.15) is 32.1 Å². The highest BCUT2D eigenvalue weighted by Crippen LogP contribution is 2.36. The molecule has 2 aliphatic rings. The Balaban J connectivity index is 1.54. The molecule has 0 bridgehead atoms. The number of fused-ring (bicyclic) bond motifs is 3. The summed E-state index contributed by atoms with van der Waals surface area (Å²) in [6, 6.07) is 1.34. The molecule has 1 saturated heterocycles. The first-order chi connectivity index (χ1) is 15.3. The van der Waals surface area contributed by atoms with E-state index in [2.05, 4.69) is 28.9 Å². The number of pyridine rings is 1. The zero-order valence-electron chi connectivity index (χ0n) is 18.3. The van der Waals surface area contributed by atoms with Crippen LogP contribution in [-0.2, 0) is 11.3 Å². The number of anilines is 1. The number of primary amides is 1. The smallest absolute Gasteiger partial charge is 0.240 e. The maximum atomic E-state index is 11.8. The van der Waals surface area contributed by atoms with Crippen LogP contribution in [0.25, 0.3) is 22.9 Å². The molecular weight excluding hydrogens is 412 g/mol. The zero-order chi connectivity index (χ0) is 22.6. The van der Waals surface area contributed by atoms with Crippen molar-refractivity contribution >= 4 is 11.7 Å². The number of aliphatic hydroxyl groups is 1. The second kappa shape index (κ2) is 7.59. The van der Waals surface area contributed by atoms with Crippen molar-refractivity contribution < 1.29 is 14.6 Å². The molecule has 11 heteroatoms. The Bertz CT molecular complexity index is 1180. The zero-order valence-corrected chi connectivity index (χ0v) is 18.3. The molecule has 1 fully saturated rings. The standard InChI is InChI=1S/C21H26N8O3/c1-11(2)29-21(24-12(3)26-29)15-10-27-4-5-32-17-7-18(23-8-14(17)20(27)25-15)28-9-13(30)6-16(28)19(22)31/h7-8,10-11,13,16,30H,4-6,9H2,1-3H3,(H2,22,31)/t13-,16-/m0/s1. The maximum absolute atomic E-state index is 11.8. The quantitative estimate of drug-likeness (QED) is 0.613. The van der Waals surface area contributed by atoms with Crippen molar-refractivity contribution in [3.05, 3.63) is 24.3 Å². The van der Waals surface area contributed by atoms with E-state index in [1.54, 1.807) is 17.2 Å². The summed E-state index contributed by atoms with van der Waals surface area (Å²) in [5.41, 5.74) is 7.02. The van der Waals surface area contributed by atoms with E-state index in [0.717, 1.165) is 22.9 Å². The van der Waals surface area contributed by atoms with Crippen LogP contribution in [0.5, 0.6) is 5.75 Å². The minimum absolute atomic E-state index is 0.154. The molecule has 32 heavy (non-hydrogen) atoms. The molecule has 0 radical (unpaired) electrons. The van der Waals surface area contributed by atoms with Crippen molar-refractivity contribution in [2.45, 2.75) is 51.9 Å². The first-order valence-corrected chi connectivity index (χ1v) is 10.7. The van der Waals surface area contributed by atoms with Crippen LogP contribution in [0.15, 0.2) is 18.5 Å². The third-order valence-electron chi connectivity index (χ3n) is 5.82. The molecule has 0 aliphatic carbocycles. The van der Waals surface area contributed by atoms with Crippen molar-refractivity contribution in [1.29, 1.82) is 0 Å². The van der Waals surface area contributed by atoms with Crippen molar-refractivity contribution in [1.82, 2.24) is 29.3 Å². The normalized spacial score (nSPS) is 20.1. The summed E-state index contributed by atoms with van der Waals surface area (Å²) in [4.78, 5) is 27.6. The summed E-state index contributed by atoms with van der Waals surface area (Å²) in [5, 5.41) is 14.5. The topological polar surface area (TPSA) is 137 Å². The van der Waals surface area contributed by atoms with Crippen molar-refractivity contribution in [3.63, 3.8) is 0 Å². The molecule has 2 atom stereocenters. The van der Waals surface area contributed by atoms with E-state index in [-0.39, 0.29) is 6.04 Å². The lowest BCUT2D eigenvalue weighted by atomic mass is 10.2. The molecule has 0 unspecified atom stereocenters. The van der Waals surface area contributed by atoms with Crippen LogP contribution in [-0.4, -0.2) is 65.6 Å². The number of carbonyl (C=O) groups is 1. The molecule has 0 saturated carbocycles. The van der Waals surface area contributed by atoms with Gasteiger partial charge in [0.1, 0.15) is 41.6 Å². The van der Waals surface area contributed by atoms with Gasteiger partial charge in [0.2, 0.25) is 5.91 Å². The van der Waals surface area contributed by atoms with E-state index in [1.165, 1.54) is 0 Å². The van der Waals surface area contributed by atoms with Crippen molar-refractivity contribution in [3.8, 4) is 28.7 Å². The largest absolute Gasteiger partial charge is 0.491 e. The van der Waals surface area contributed by atoms with Gasteiger partial charge >= 0.3 is 0 Å². The Kier molecular flexibility index (Phi) is 4.85. The molecule has 3 N–H and O–H groups in total. The second-order valence-corrected chi connectivity index (χ2v) is 8.51. The van der Waals surface area contributed by atoms with E-state index >= 15 is 0 Å². The van der Waals surface area contributed by atoms with Gasteiger partial charge in [-0.25, -0.2) is 19.6 Å². The van der Waals surface area contributed by atoms with Gasteiger partial charge in [-0.3, -0.25) is 4.79 Å². The molecule has 5 heterocycles. The lowest BCUT2D eigenvalue weighted by Crippen LogP contribution is -2.40. The highest BCUT2D eigenvalue weighted by atomic mass is 16.5. The number of amides is 1. The minimum atomic E-state index is -0.628. The van der Waals surface area contributed by atoms with Gasteiger partial charge in [0.05, 0.1) is 18.2 Å². The van der Waals surface area contributed by atoms with Crippen LogP contribution in [0, 0.1) is 6.92 Å². The fourth-order valence-electron chi connectivity index (χ4n) is 4.34. The van der Waals surface area contributed by atoms with Gasteiger partial charge in [0, 0.05) is 37.5 Å². The third-order valence-corrected chi connectivity index (χ3v) is 5.82. The van der Waals surface area contributed by atoms with Gasteiger partial charge in [0.25, 0.3) is 0 Å². The summed E-state index contributed by atoms with van der Waals surface area (Å²) in [5.74, 6) is 2.83. The fraction of sp³-hybridized carbons (Fsp3) is 0.476. The summed E-state index contributed by atoms with van der Waals surface area (Å²) in [6.45, 7) is 7.35. The fourth-order valence-corrected chi connectivity index (χ4v) is 4.34. The Labute approximate surface area is 184 Å². The number of ether oxygens (including phenoxy) is 1. The van der Waals surface area contributed by atoms with E-state index < -0.39 is 18.1 Å². The molecule has 5 rings (SSSR count). The molecule has 3 aromatic rings. The number of aliphatic hydroxyl groups excluding tert-OH is 1. The average molecular weight is 438 g/mol. The minimum Gasteiger partial charge on any atom is -0.491 e. The van der Waals surface area contributed by atoms with E-state index in [0.29, 0.717) is 43.5 Å². The van der Waals surface area contributed by atoms with Gasteiger partial charge in [-0.15, -0.1) is 0 Å². The van der Waals surface area contributed by atoms with Crippen LogP contribution in [0.4, 0.5) is 5.82 Å². The summed E-state index contributed by atoms with van der Waals surface area (Å²) < 4.78 is 9.89. The van der Waals surface area contributed by atoms with Crippen LogP contribution in [0.2, 0.25) is 0 Å². The predicted molar refractivity (Wildman–Crippen MR) is 116 cm³/mol. The molecule has 0 spiro atoms. The number of aryl methyl sites for hydroxylation is 1. The predicted octanol–water partition coefficient (Wildman–Crippen LogP) is 0.910. The molecule has 0 aromatic carbocycles. The van der Waals surface area contributed by atoms with E-state index in [4.69, 9.17) is 15.5 Å². The SMILES string of the molecule is Cc1nc(-c2cn3c(n2)-c2cnc(N4C[C@@H](O)C[C@H]4C(N)=O)cc2OCC3)n(C(C)C)n1. The number of β-amino-alcohol motifs (C(OH)–C–C–N with tert-alkyl or cyclic N) is 1. The maximum Gasteiger partial charge on any atom is 0.240 e. The molecule has 2 aliphatic heterocycles. The number of rotatable bonds is 4. The van der Waals surface area contributed by atoms with E-state index in [1.807, 2.05) is 22.4 Å². The second-order valence-electron chi connectivity index (χ2n) is 8.51. The number of carbonyl (C=O) groups excluding carboxylic acids is 1. The first-order valence-electron chi connectivity index (χ1n) is 10.7. The number of nitrogens with two attached hydrogens (primary N) is 1. The molecule has 168 valence electrons. The Morgan fingerprint density at radius 2 is 2.12 bits per heavy atom. The van der Waals surface area contributed by atoms with Gasteiger partial charge in [-0.1, -0.05) is 0 Å². The molecule has 1 amide bonds.